The molecule has 146 valence electrons. The summed E-state index contributed by atoms with van der Waals surface area (Å²) in [5, 5.41) is 4.86. The van der Waals surface area contributed by atoms with Gasteiger partial charge in [0.05, 0.1) is 0 Å². The van der Waals surface area contributed by atoms with Gasteiger partial charge in [-0.3, -0.25) is 14.5 Å². The van der Waals surface area contributed by atoms with Gasteiger partial charge in [-0.1, -0.05) is 43.3 Å². The molecule has 28 heavy (non-hydrogen) atoms. The van der Waals surface area contributed by atoms with Crippen molar-refractivity contribution in [2.75, 3.05) is 19.6 Å². The molecule has 4 amide bonds. The Kier molecular flexibility index (Phi) is 4.57. The van der Waals surface area contributed by atoms with Crippen LogP contribution in [0, 0.1) is 5.92 Å². The summed E-state index contributed by atoms with van der Waals surface area (Å²) >= 11 is 0. The van der Waals surface area contributed by atoms with Gasteiger partial charge in [-0.25, -0.2) is 4.79 Å². The van der Waals surface area contributed by atoms with Gasteiger partial charge in [-0.05, 0) is 48.1 Å². The van der Waals surface area contributed by atoms with Crippen molar-refractivity contribution < 1.29 is 14.4 Å². The topological polar surface area (TPSA) is 69.7 Å². The van der Waals surface area contributed by atoms with Crippen LogP contribution in [0.5, 0.6) is 0 Å². The van der Waals surface area contributed by atoms with E-state index in [-0.39, 0.29) is 18.4 Å². The summed E-state index contributed by atoms with van der Waals surface area (Å²) in [5.74, 6) is -0.104. The van der Waals surface area contributed by atoms with Crippen LogP contribution in [0.25, 0.3) is 10.8 Å². The van der Waals surface area contributed by atoms with Crippen LogP contribution in [-0.2, 0) is 15.1 Å². The van der Waals surface area contributed by atoms with E-state index in [2.05, 4.69) is 12.2 Å². The zero-order valence-corrected chi connectivity index (χ0v) is 16.3. The number of carbonyl (C=O) groups is 3. The SMILES string of the molecule is C[C@@H]1CCCN(C(=O)CN2C(=O)N[C@@](C)(c3ccc4ccccc4c3)C2=O)C1. The van der Waals surface area contributed by atoms with Gasteiger partial charge in [0, 0.05) is 13.1 Å². The molecule has 0 unspecified atom stereocenters. The predicted octanol–water partition coefficient (Wildman–Crippen LogP) is 2.87. The second kappa shape index (κ2) is 6.93. The molecule has 0 bridgehead atoms. The van der Waals surface area contributed by atoms with Crippen molar-refractivity contribution >= 4 is 28.6 Å². The third-order valence-electron chi connectivity index (χ3n) is 5.90. The fourth-order valence-electron chi connectivity index (χ4n) is 4.19. The number of nitrogens with zero attached hydrogens (tertiary/aromatic N) is 2. The number of piperidine rings is 1. The van der Waals surface area contributed by atoms with Gasteiger partial charge in [0.15, 0.2) is 0 Å². The van der Waals surface area contributed by atoms with Crippen molar-refractivity contribution in [3.8, 4) is 0 Å². The summed E-state index contributed by atoms with van der Waals surface area (Å²) in [7, 11) is 0. The summed E-state index contributed by atoms with van der Waals surface area (Å²) in [5.41, 5.74) is -0.456. The number of benzene rings is 2. The van der Waals surface area contributed by atoms with Crippen LogP contribution in [0.15, 0.2) is 42.5 Å². The largest absolute Gasteiger partial charge is 0.341 e. The van der Waals surface area contributed by atoms with Crippen LogP contribution < -0.4 is 5.32 Å². The monoisotopic (exact) mass is 379 g/mol. The van der Waals surface area contributed by atoms with E-state index in [9.17, 15) is 14.4 Å². The number of rotatable bonds is 3. The van der Waals surface area contributed by atoms with Crippen LogP contribution in [0.2, 0.25) is 0 Å². The van der Waals surface area contributed by atoms with E-state index in [1.54, 1.807) is 11.8 Å². The lowest BCUT2D eigenvalue weighted by molar-refractivity contribution is -0.139. The number of hydrogen-bond acceptors (Lipinski definition) is 3. The number of carbonyl (C=O) groups excluding carboxylic acids is 3. The fourth-order valence-corrected chi connectivity index (χ4v) is 4.19. The summed E-state index contributed by atoms with van der Waals surface area (Å²) in [6.45, 7) is 4.98. The quantitative estimate of drug-likeness (QED) is 0.834. The predicted molar refractivity (Wildman–Crippen MR) is 107 cm³/mol. The first-order valence-electron chi connectivity index (χ1n) is 9.79. The lowest BCUT2D eigenvalue weighted by Crippen LogP contribution is -2.47. The van der Waals surface area contributed by atoms with Gasteiger partial charge in [-0.15, -0.1) is 0 Å². The molecule has 2 fully saturated rings. The molecule has 2 heterocycles. The Morgan fingerprint density at radius 1 is 1.18 bits per heavy atom. The Balaban J connectivity index is 1.56. The molecule has 6 heteroatoms. The molecule has 2 aromatic carbocycles. The van der Waals surface area contributed by atoms with Crippen LogP contribution in [0.3, 0.4) is 0 Å². The van der Waals surface area contributed by atoms with Crippen molar-refractivity contribution in [3.05, 3.63) is 48.0 Å². The van der Waals surface area contributed by atoms with Gasteiger partial charge in [0.1, 0.15) is 12.1 Å². The number of likely N-dealkylation sites (tertiary alicyclic amines) is 1. The lowest BCUT2D eigenvalue weighted by atomic mass is 9.90. The average Bonchev–Trinajstić information content (AvgIpc) is 2.91. The average molecular weight is 379 g/mol. The summed E-state index contributed by atoms with van der Waals surface area (Å²) in [6.07, 6.45) is 2.06. The summed E-state index contributed by atoms with van der Waals surface area (Å²) < 4.78 is 0. The van der Waals surface area contributed by atoms with Crippen molar-refractivity contribution in [2.45, 2.75) is 32.2 Å². The van der Waals surface area contributed by atoms with E-state index in [0.29, 0.717) is 24.6 Å². The first kappa shape index (κ1) is 18.5. The fraction of sp³-hybridized carbons (Fsp3) is 0.409. The van der Waals surface area contributed by atoms with Crippen LogP contribution in [0.1, 0.15) is 32.3 Å². The third kappa shape index (κ3) is 3.13. The van der Waals surface area contributed by atoms with Gasteiger partial charge in [-0.2, -0.15) is 0 Å². The first-order chi connectivity index (χ1) is 13.4. The lowest BCUT2D eigenvalue weighted by Gasteiger charge is -2.31. The molecular weight excluding hydrogens is 354 g/mol. The highest BCUT2D eigenvalue weighted by molar-refractivity contribution is 6.09. The molecule has 0 radical (unpaired) electrons. The molecule has 2 aliphatic rings. The standard InChI is InChI=1S/C22H25N3O3/c1-15-6-5-11-24(13-15)19(26)14-25-20(27)22(2,23-21(25)28)18-10-9-16-7-3-4-8-17(16)12-18/h3-4,7-10,12,15H,5-6,11,13-14H2,1-2H3,(H,23,28)/t15-,22+/m1/s1. The van der Waals surface area contributed by atoms with E-state index in [0.717, 1.165) is 28.5 Å². The molecule has 0 aromatic heterocycles. The van der Waals surface area contributed by atoms with Gasteiger partial charge >= 0.3 is 6.03 Å². The molecule has 0 spiro atoms. The second-order valence-corrected chi connectivity index (χ2v) is 8.10. The minimum Gasteiger partial charge on any atom is -0.341 e. The number of amides is 4. The zero-order valence-electron chi connectivity index (χ0n) is 16.3. The van der Waals surface area contributed by atoms with Crippen LogP contribution >= 0.6 is 0 Å². The maximum Gasteiger partial charge on any atom is 0.325 e. The van der Waals surface area contributed by atoms with Crippen molar-refractivity contribution in [1.82, 2.24) is 15.1 Å². The maximum absolute atomic E-state index is 13.1. The second-order valence-electron chi connectivity index (χ2n) is 8.10. The van der Waals surface area contributed by atoms with Gasteiger partial charge < -0.3 is 10.2 Å². The minimum atomic E-state index is -1.17. The number of fused-ring (bicyclic) bond motifs is 1. The molecular formula is C22H25N3O3. The Morgan fingerprint density at radius 3 is 2.68 bits per heavy atom. The zero-order chi connectivity index (χ0) is 19.9. The highest BCUT2D eigenvalue weighted by Crippen LogP contribution is 2.31. The molecule has 2 atom stereocenters. The van der Waals surface area contributed by atoms with Gasteiger partial charge in [0.25, 0.3) is 5.91 Å². The number of imide groups is 1. The molecule has 1 N–H and O–H groups in total. The number of urea groups is 1. The van der Waals surface area contributed by atoms with Gasteiger partial charge in [0.2, 0.25) is 5.91 Å². The normalized spacial score (nSPS) is 25.3. The molecule has 2 aromatic rings. The Hall–Kier alpha value is -2.89. The molecule has 4 rings (SSSR count). The molecule has 0 aliphatic carbocycles. The smallest absolute Gasteiger partial charge is 0.325 e. The first-order valence-corrected chi connectivity index (χ1v) is 9.79. The van der Waals surface area contributed by atoms with E-state index in [4.69, 9.17) is 0 Å². The van der Waals surface area contributed by atoms with Crippen molar-refractivity contribution in [1.29, 1.82) is 0 Å². The van der Waals surface area contributed by atoms with E-state index < -0.39 is 11.6 Å². The molecule has 2 aliphatic heterocycles. The minimum absolute atomic E-state index is 0.169. The van der Waals surface area contributed by atoms with E-state index in [1.807, 2.05) is 42.5 Å². The van der Waals surface area contributed by atoms with Crippen LogP contribution in [0.4, 0.5) is 4.79 Å². The molecule has 0 saturated carbocycles. The van der Waals surface area contributed by atoms with Crippen LogP contribution in [-0.4, -0.2) is 47.3 Å². The number of nitrogens with one attached hydrogen (secondary N) is 1. The highest BCUT2D eigenvalue weighted by Gasteiger charge is 2.49. The Bertz CT molecular complexity index is 957. The Labute approximate surface area is 164 Å². The van der Waals surface area contributed by atoms with E-state index >= 15 is 0 Å². The third-order valence-corrected chi connectivity index (χ3v) is 5.90. The summed E-state index contributed by atoms with van der Waals surface area (Å²) in [4.78, 5) is 41.2. The van der Waals surface area contributed by atoms with E-state index in [1.165, 1.54) is 0 Å². The van der Waals surface area contributed by atoms with Crippen molar-refractivity contribution in [2.24, 2.45) is 5.92 Å². The molecule has 6 nitrogen and oxygen atoms in total. The maximum atomic E-state index is 13.1. The summed E-state index contributed by atoms with van der Waals surface area (Å²) in [6, 6.07) is 13.1. The highest BCUT2D eigenvalue weighted by atomic mass is 16.2. The number of hydrogen-bond donors (Lipinski definition) is 1. The molecule has 2 saturated heterocycles. The Morgan fingerprint density at radius 2 is 1.93 bits per heavy atom. The van der Waals surface area contributed by atoms with Crippen molar-refractivity contribution in [3.63, 3.8) is 0 Å².